The summed E-state index contributed by atoms with van der Waals surface area (Å²) in [5.74, 6) is 0.811. The third-order valence-corrected chi connectivity index (χ3v) is 3.49. The molecule has 0 aliphatic heterocycles. The summed E-state index contributed by atoms with van der Waals surface area (Å²) in [6.07, 6.45) is 4.70. The average Bonchev–Trinajstić information content (AvgIpc) is 3.21. The van der Waals surface area contributed by atoms with E-state index in [9.17, 15) is 10.1 Å². The van der Waals surface area contributed by atoms with E-state index in [1.165, 1.54) is 25.0 Å². The van der Waals surface area contributed by atoms with Gasteiger partial charge in [-0.2, -0.15) is 5.26 Å². The molecule has 2 rings (SSSR count). The highest BCUT2D eigenvalue weighted by Gasteiger charge is 2.25. The molecule has 1 atom stereocenters. The van der Waals surface area contributed by atoms with Crippen molar-refractivity contribution >= 4 is 11.4 Å². The van der Waals surface area contributed by atoms with Crippen LogP contribution in [0, 0.1) is 27.4 Å². The zero-order valence-corrected chi connectivity index (χ0v) is 10.9. The Labute approximate surface area is 112 Å². The Morgan fingerprint density at radius 2 is 2.32 bits per heavy atom. The lowest BCUT2D eigenvalue weighted by Gasteiger charge is -2.18. The molecular formula is C14H17N3O2. The fourth-order valence-electron chi connectivity index (χ4n) is 2.19. The van der Waals surface area contributed by atoms with Gasteiger partial charge < -0.3 is 5.32 Å². The van der Waals surface area contributed by atoms with Crippen LogP contribution >= 0.6 is 0 Å². The molecule has 1 aliphatic carbocycles. The topological polar surface area (TPSA) is 79.0 Å². The average molecular weight is 259 g/mol. The SMILES string of the molecule is CCC(CC1CC1)Nc1ccc(C#N)c([N+](=O)[O-])c1. The molecule has 5 nitrogen and oxygen atoms in total. The zero-order chi connectivity index (χ0) is 13.8. The second-order valence-corrected chi connectivity index (χ2v) is 5.03. The number of nitrogens with one attached hydrogen (secondary N) is 1. The standard InChI is InChI=1S/C14H17N3O2/c1-2-12(7-10-3-4-10)16-13-6-5-11(9-15)14(8-13)17(18)19/h5-6,8,10,12,16H,2-4,7H2,1H3. The molecule has 1 unspecified atom stereocenters. The first-order chi connectivity index (χ1) is 9.13. The Kier molecular flexibility index (Phi) is 4.00. The number of benzene rings is 1. The summed E-state index contributed by atoms with van der Waals surface area (Å²) in [5.41, 5.74) is 0.692. The number of nitro groups is 1. The molecule has 1 fully saturated rings. The molecule has 19 heavy (non-hydrogen) atoms. The van der Waals surface area contributed by atoms with E-state index < -0.39 is 4.92 Å². The summed E-state index contributed by atoms with van der Waals surface area (Å²) >= 11 is 0. The molecule has 1 aromatic carbocycles. The molecule has 1 aromatic rings. The van der Waals surface area contributed by atoms with E-state index in [-0.39, 0.29) is 11.3 Å². The molecule has 1 saturated carbocycles. The fourth-order valence-corrected chi connectivity index (χ4v) is 2.19. The van der Waals surface area contributed by atoms with Gasteiger partial charge in [0.05, 0.1) is 4.92 Å². The predicted octanol–water partition coefficient (Wildman–Crippen LogP) is 3.46. The van der Waals surface area contributed by atoms with Crippen LogP contribution in [0.15, 0.2) is 18.2 Å². The number of nitrogens with zero attached hydrogens (tertiary/aromatic N) is 2. The first-order valence-electron chi connectivity index (χ1n) is 6.59. The molecule has 0 radical (unpaired) electrons. The molecule has 0 bridgehead atoms. The van der Waals surface area contributed by atoms with E-state index in [1.54, 1.807) is 6.07 Å². The van der Waals surface area contributed by atoms with Crippen LogP contribution in [-0.2, 0) is 0 Å². The molecule has 100 valence electrons. The smallest absolute Gasteiger partial charge is 0.289 e. The summed E-state index contributed by atoms with van der Waals surface area (Å²) in [6.45, 7) is 2.11. The van der Waals surface area contributed by atoms with E-state index in [1.807, 2.05) is 6.07 Å². The van der Waals surface area contributed by atoms with Crippen molar-refractivity contribution in [1.29, 1.82) is 5.26 Å². The lowest BCUT2D eigenvalue weighted by atomic mass is 10.1. The second kappa shape index (κ2) is 5.70. The van der Waals surface area contributed by atoms with E-state index >= 15 is 0 Å². The van der Waals surface area contributed by atoms with Crippen molar-refractivity contribution in [3.05, 3.63) is 33.9 Å². The summed E-state index contributed by atoms with van der Waals surface area (Å²) in [5, 5.41) is 23.1. The van der Waals surface area contributed by atoms with Crippen LogP contribution in [0.4, 0.5) is 11.4 Å². The lowest BCUT2D eigenvalue weighted by Crippen LogP contribution is -2.19. The van der Waals surface area contributed by atoms with Crippen LogP contribution < -0.4 is 5.32 Å². The molecule has 0 amide bonds. The van der Waals surface area contributed by atoms with Crippen molar-refractivity contribution in [1.82, 2.24) is 0 Å². The van der Waals surface area contributed by atoms with Gasteiger partial charge in [0.2, 0.25) is 0 Å². The Bertz CT molecular complexity index is 518. The van der Waals surface area contributed by atoms with Crippen LogP contribution in [-0.4, -0.2) is 11.0 Å². The van der Waals surface area contributed by atoms with Gasteiger partial charge in [-0.3, -0.25) is 10.1 Å². The van der Waals surface area contributed by atoms with Crippen molar-refractivity contribution in [3.8, 4) is 6.07 Å². The highest BCUT2D eigenvalue weighted by molar-refractivity contribution is 5.59. The maximum absolute atomic E-state index is 10.9. The zero-order valence-electron chi connectivity index (χ0n) is 10.9. The quantitative estimate of drug-likeness (QED) is 0.626. The Balaban J connectivity index is 2.13. The maximum atomic E-state index is 10.9. The minimum atomic E-state index is -0.508. The first-order valence-corrected chi connectivity index (χ1v) is 6.59. The van der Waals surface area contributed by atoms with Crippen LogP contribution in [0.5, 0.6) is 0 Å². The van der Waals surface area contributed by atoms with Gasteiger partial charge in [-0.25, -0.2) is 0 Å². The largest absolute Gasteiger partial charge is 0.382 e. The number of anilines is 1. The van der Waals surface area contributed by atoms with Gasteiger partial charge in [0.15, 0.2) is 0 Å². The number of rotatable bonds is 6. The minimum absolute atomic E-state index is 0.103. The number of hydrogen-bond donors (Lipinski definition) is 1. The van der Waals surface area contributed by atoms with Gasteiger partial charge in [0, 0.05) is 17.8 Å². The molecule has 0 heterocycles. The fraction of sp³-hybridized carbons (Fsp3) is 0.500. The van der Waals surface area contributed by atoms with Gasteiger partial charge in [0.1, 0.15) is 11.6 Å². The highest BCUT2D eigenvalue weighted by atomic mass is 16.6. The Morgan fingerprint density at radius 3 is 2.84 bits per heavy atom. The van der Waals surface area contributed by atoms with Crippen molar-refractivity contribution in [3.63, 3.8) is 0 Å². The lowest BCUT2D eigenvalue weighted by molar-refractivity contribution is -0.385. The van der Waals surface area contributed by atoms with Gasteiger partial charge in [-0.15, -0.1) is 0 Å². The maximum Gasteiger partial charge on any atom is 0.289 e. The molecule has 0 saturated heterocycles. The summed E-state index contributed by atoms with van der Waals surface area (Å²) < 4.78 is 0. The summed E-state index contributed by atoms with van der Waals surface area (Å²) in [6, 6.07) is 6.89. The van der Waals surface area contributed by atoms with E-state index in [2.05, 4.69) is 12.2 Å². The molecule has 0 aromatic heterocycles. The van der Waals surface area contributed by atoms with E-state index in [4.69, 9.17) is 5.26 Å². The first kappa shape index (κ1) is 13.3. The molecule has 0 spiro atoms. The Morgan fingerprint density at radius 1 is 1.58 bits per heavy atom. The van der Waals surface area contributed by atoms with Crippen molar-refractivity contribution in [2.75, 3.05) is 5.32 Å². The van der Waals surface area contributed by atoms with E-state index in [0.29, 0.717) is 6.04 Å². The third-order valence-electron chi connectivity index (χ3n) is 3.49. The monoisotopic (exact) mass is 259 g/mol. The number of nitriles is 1. The van der Waals surface area contributed by atoms with Crippen molar-refractivity contribution in [2.45, 2.75) is 38.6 Å². The van der Waals surface area contributed by atoms with E-state index in [0.717, 1.165) is 24.4 Å². The summed E-state index contributed by atoms with van der Waals surface area (Å²) in [7, 11) is 0. The molecule has 1 N–H and O–H groups in total. The molecule has 1 aliphatic rings. The summed E-state index contributed by atoms with van der Waals surface area (Å²) in [4.78, 5) is 10.4. The predicted molar refractivity (Wildman–Crippen MR) is 72.9 cm³/mol. The van der Waals surface area contributed by atoms with Crippen LogP contribution in [0.1, 0.15) is 38.2 Å². The second-order valence-electron chi connectivity index (χ2n) is 5.03. The van der Waals surface area contributed by atoms with Crippen LogP contribution in [0.2, 0.25) is 0 Å². The van der Waals surface area contributed by atoms with Crippen molar-refractivity contribution in [2.24, 2.45) is 5.92 Å². The van der Waals surface area contributed by atoms with Gasteiger partial charge in [0.25, 0.3) is 5.69 Å². The third kappa shape index (κ3) is 3.44. The normalized spacial score (nSPS) is 15.6. The van der Waals surface area contributed by atoms with Gasteiger partial charge >= 0.3 is 0 Å². The van der Waals surface area contributed by atoms with Crippen LogP contribution in [0.3, 0.4) is 0 Å². The van der Waals surface area contributed by atoms with Gasteiger partial charge in [-0.05, 0) is 30.9 Å². The van der Waals surface area contributed by atoms with Crippen molar-refractivity contribution < 1.29 is 4.92 Å². The highest BCUT2D eigenvalue weighted by Crippen LogP contribution is 2.35. The van der Waals surface area contributed by atoms with Gasteiger partial charge in [-0.1, -0.05) is 19.8 Å². The minimum Gasteiger partial charge on any atom is -0.382 e. The Hall–Kier alpha value is -2.09. The molecule has 5 heteroatoms. The number of hydrogen-bond acceptors (Lipinski definition) is 4. The van der Waals surface area contributed by atoms with Crippen LogP contribution in [0.25, 0.3) is 0 Å². The number of nitro benzene ring substituents is 1. The molecular weight excluding hydrogens is 242 g/mol.